The molecule has 1 aliphatic heterocycles. The number of morpholine rings is 1. The van der Waals surface area contributed by atoms with E-state index in [0.717, 1.165) is 57.3 Å². The molecule has 0 saturated carbocycles. The van der Waals surface area contributed by atoms with Crippen molar-refractivity contribution < 1.29 is 14.6 Å². The first kappa shape index (κ1) is 22.1. The van der Waals surface area contributed by atoms with Gasteiger partial charge in [0.15, 0.2) is 0 Å². The van der Waals surface area contributed by atoms with Gasteiger partial charge in [-0.05, 0) is 20.3 Å². The summed E-state index contributed by atoms with van der Waals surface area (Å²) in [6, 6.07) is 0. The SMILES string of the molecule is CCCn1nc(C)c(-n2ccnc2C(C)(C)CN2CCOCC2)c1C.O=CO. The maximum atomic E-state index is 8.36. The molecule has 1 aliphatic rings. The lowest BCUT2D eigenvalue weighted by atomic mass is 9.91. The third-order valence-electron chi connectivity index (χ3n) is 4.99. The van der Waals surface area contributed by atoms with Crippen molar-refractivity contribution in [3.63, 3.8) is 0 Å². The fourth-order valence-corrected chi connectivity index (χ4v) is 3.84. The highest BCUT2D eigenvalue weighted by Gasteiger charge is 2.30. The van der Waals surface area contributed by atoms with E-state index in [1.807, 2.05) is 6.20 Å². The number of nitrogens with zero attached hydrogens (tertiary/aromatic N) is 5. The van der Waals surface area contributed by atoms with Crippen LogP contribution in [0, 0.1) is 13.8 Å². The summed E-state index contributed by atoms with van der Waals surface area (Å²) < 4.78 is 9.84. The number of imidazole rings is 1. The van der Waals surface area contributed by atoms with Gasteiger partial charge in [-0.3, -0.25) is 18.9 Å². The Kier molecular flexibility index (Phi) is 7.77. The second kappa shape index (κ2) is 9.84. The predicted molar refractivity (Wildman–Crippen MR) is 108 cm³/mol. The molecule has 0 spiro atoms. The average molecular weight is 392 g/mol. The predicted octanol–water partition coefficient (Wildman–Crippen LogP) is 2.41. The molecule has 0 aliphatic carbocycles. The zero-order valence-corrected chi connectivity index (χ0v) is 17.7. The van der Waals surface area contributed by atoms with Crippen molar-refractivity contribution >= 4 is 6.47 Å². The molecule has 0 amide bonds. The standard InChI is InChI=1S/C19H31N5O.CH2O2/c1-6-8-24-16(3)17(15(2)21-24)23-9-7-20-18(23)19(4,5)14-22-10-12-25-13-11-22;2-1-3/h7,9H,6,8,10-14H2,1-5H3;1H,(H,2,3). The molecule has 2 aromatic rings. The van der Waals surface area contributed by atoms with Crippen molar-refractivity contribution in [3.05, 3.63) is 29.6 Å². The van der Waals surface area contributed by atoms with E-state index in [1.165, 1.54) is 11.4 Å². The third-order valence-corrected chi connectivity index (χ3v) is 4.99. The highest BCUT2D eigenvalue weighted by Crippen LogP contribution is 2.28. The van der Waals surface area contributed by atoms with Gasteiger partial charge in [0.1, 0.15) is 5.82 Å². The highest BCUT2D eigenvalue weighted by molar-refractivity contribution is 5.43. The van der Waals surface area contributed by atoms with Gasteiger partial charge in [-0.15, -0.1) is 0 Å². The van der Waals surface area contributed by atoms with E-state index in [9.17, 15) is 0 Å². The number of ether oxygens (including phenoxy) is 1. The maximum absolute atomic E-state index is 8.36. The molecule has 3 rings (SSSR count). The van der Waals surface area contributed by atoms with Crippen LogP contribution in [0.15, 0.2) is 12.4 Å². The average Bonchev–Trinajstić information content (AvgIpc) is 3.22. The van der Waals surface area contributed by atoms with Crippen molar-refractivity contribution in [2.45, 2.75) is 53.0 Å². The van der Waals surface area contributed by atoms with Crippen LogP contribution in [-0.4, -0.2) is 68.7 Å². The van der Waals surface area contributed by atoms with Crippen molar-refractivity contribution in [1.82, 2.24) is 24.2 Å². The molecule has 8 nitrogen and oxygen atoms in total. The molecule has 1 fully saturated rings. The first-order valence-corrected chi connectivity index (χ1v) is 9.81. The summed E-state index contributed by atoms with van der Waals surface area (Å²) in [6.45, 7) is 16.3. The Morgan fingerprint density at radius 3 is 2.54 bits per heavy atom. The number of carboxylic acid groups (broad SMARTS) is 1. The lowest BCUT2D eigenvalue weighted by Gasteiger charge is -2.34. The van der Waals surface area contributed by atoms with Gasteiger partial charge < -0.3 is 9.84 Å². The minimum Gasteiger partial charge on any atom is -0.483 e. The van der Waals surface area contributed by atoms with Crippen molar-refractivity contribution in [2.24, 2.45) is 0 Å². The Bertz CT molecular complexity index is 760. The van der Waals surface area contributed by atoms with Gasteiger partial charge in [0.2, 0.25) is 0 Å². The number of hydrogen-bond donors (Lipinski definition) is 1. The quantitative estimate of drug-likeness (QED) is 0.761. The maximum Gasteiger partial charge on any atom is 0.290 e. The van der Waals surface area contributed by atoms with Crippen LogP contribution in [0.5, 0.6) is 0 Å². The Hall–Kier alpha value is -2.19. The molecule has 0 radical (unpaired) electrons. The van der Waals surface area contributed by atoms with Gasteiger partial charge in [-0.25, -0.2) is 4.98 Å². The molecular formula is C20H33N5O3. The minimum absolute atomic E-state index is 0.0490. The molecule has 1 N–H and O–H groups in total. The molecule has 8 heteroatoms. The van der Waals surface area contributed by atoms with Crippen LogP contribution in [0.4, 0.5) is 0 Å². The molecule has 2 aromatic heterocycles. The zero-order valence-electron chi connectivity index (χ0n) is 17.7. The van der Waals surface area contributed by atoms with Gasteiger partial charge in [0.05, 0.1) is 30.3 Å². The monoisotopic (exact) mass is 391 g/mol. The van der Waals surface area contributed by atoms with E-state index in [-0.39, 0.29) is 11.9 Å². The summed E-state index contributed by atoms with van der Waals surface area (Å²) >= 11 is 0. The molecule has 3 heterocycles. The largest absolute Gasteiger partial charge is 0.483 e. The van der Waals surface area contributed by atoms with Crippen LogP contribution in [0.1, 0.15) is 44.4 Å². The van der Waals surface area contributed by atoms with Crippen molar-refractivity contribution in [1.29, 1.82) is 0 Å². The second-order valence-corrected chi connectivity index (χ2v) is 7.74. The number of aryl methyl sites for hydroxylation is 2. The van der Waals surface area contributed by atoms with Crippen LogP contribution >= 0.6 is 0 Å². The Morgan fingerprint density at radius 1 is 1.29 bits per heavy atom. The van der Waals surface area contributed by atoms with Crippen LogP contribution in [-0.2, 0) is 21.5 Å². The summed E-state index contributed by atoms with van der Waals surface area (Å²) in [5.74, 6) is 1.10. The van der Waals surface area contributed by atoms with E-state index < -0.39 is 0 Å². The molecule has 1 saturated heterocycles. The van der Waals surface area contributed by atoms with Crippen LogP contribution in [0.2, 0.25) is 0 Å². The summed E-state index contributed by atoms with van der Waals surface area (Å²) in [7, 11) is 0. The van der Waals surface area contributed by atoms with Crippen LogP contribution in [0.3, 0.4) is 0 Å². The first-order chi connectivity index (χ1) is 13.4. The molecule has 0 atom stereocenters. The molecular weight excluding hydrogens is 358 g/mol. The van der Waals surface area contributed by atoms with Gasteiger partial charge in [0.25, 0.3) is 6.47 Å². The topological polar surface area (TPSA) is 85.4 Å². The van der Waals surface area contributed by atoms with Crippen LogP contribution in [0.25, 0.3) is 5.69 Å². The Morgan fingerprint density at radius 2 is 1.93 bits per heavy atom. The van der Waals surface area contributed by atoms with E-state index >= 15 is 0 Å². The normalized spacial score (nSPS) is 15.2. The van der Waals surface area contributed by atoms with Gasteiger partial charge >= 0.3 is 0 Å². The van der Waals surface area contributed by atoms with Crippen molar-refractivity contribution in [3.8, 4) is 5.69 Å². The summed E-state index contributed by atoms with van der Waals surface area (Å²) in [4.78, 5) is 15.6. The van der Waals surface area contributed by atoms with Gasteiger partial charge in [-0.2, -0.15) is 5.10 Å². The van der Waals surface area contributed by atoms with E-state index in [2.05, 4.69) is 55.0 Å². The smallest absolute Gasteiger partial charge is 0.290 e. The lowest BCUT2D eigenvalue weighted by molar-refractivity contribution is -0.122. The zero-order chi connectivity index (χ0) is 20.7. The molecule has 0 aromatic carbocycles. The van der Waals surface area contributed by atoms with E-state index in [4.69, 9.17) is 24.7 Å². The molecule has 0 bridgehead atoms. The van der Waals surface area contributed by atoms with Crippen LogP contribution < -0.4 is 0 Å². The highest BCUT2D eigenvalue weighted by atomic mass is 16.5. The Balaban J connectivity index is 0.000000878. The minimum atomic E-state index is -0.250. The fraction of sp³-hybridized carbons (Fsp3) is 0.650. The van der Waals surface area contributed by atoms with Gasteiger partial charge in [0, 0.05) is 44.0 Å². The summed E-state index contributed by atoms with van der Waals surface area (Å²) in [5.41, 5.74) is 3.40. The second-order valence-electron chi connectivity index (χ2n) is 7.74. The number of aromatic nitrogens is 4. The number of hydrogen-bond acceptors (Lipinski definition) is 5. The molecule has 156 valence electrons. The summed E-state index contributed by atoms with van der Waals surface area (Å²) in [6.07, 6.45) is 5.07. The van der Waals surface area contributed by atoms with Crippen molar-refractivity contribution in [2.75, 3.05) is 32.8 Å². The van der Waals surface area contributed by atoms with E-state index in [0.29, 0.717) is 0 Å². The molecule has 28 heavy (non-hydrogen) atoms. The number of rotatable bonds is 6. The molecule has 0 unspecified atom stereocenters. The Labute approximate surface area is 167 Å². The first-order valence-electron chi connectivity index (χ1n) is 9.81. The number of carbonyl (C=O) groups is 1. The summed E-state index contributed by atoms with van der Waals surface area (Å²) in [5, 5.41) is 11.6. The van der Waals surface area contributed by atoms with E-state index in [1.54, 1.807) is 0 Å². The lowest BCUT2D eigenvalue weighted by Crippen LogP contribution is -2.44. The fourth-order valence-electron chi connectivity index (χ4n) is 3.84. The van der Waals surface area contributed by atoms with Gasteiger partial charge in [-0.1, -0.05) is 20.8 Å². The third kappa shape index (κ3) is 4.99.